The Bertz CT molecular complexity index is 2100. The summed E-state index contributed by atoms with van der Waals surface area (Å²) in [5.41, 5.74) is 0.869. The number of esters is 1. The summed E-state index contributed by atoms with van der Waals surface area (Å²) in [5, 5.41) is 20.3. The number of rotatable bonds is 12. The first-order valence-corrected chi connectivity index (χ1v) is 15.6. The Labute approximate surface area is 280 Å². The van der Waals surface area contributed by atoms with Gasteiger partial charge in [-0.3, -0.25) is 48.7 Å². The van der Waals surface area contributed by atoms with Gasteiger partial charge in [-0.15, -0.1) is 0 Å². The van der Waals surface area contributed by atoms with Crippen molar-refractivity contribution in [2.75, 3.05) is 33.8 Å². The first-order valence-electron chi connectivity index (χ1n) is 14.8. The number of hydrogen-bond donors (Lipinski definition) is 5. The number of likely N-dealkylation sites (N-methyl/N-ethyl adjacent to an activating group) is 2. The molecule has 0 saturated carbocycles. The van der Waals surface area contributed by atoms with Gasteiger partial charge in [0.1, 0.15) is 0 Å². The van der Waals surface area contributed by atoms with Gasteiger partial charge in [-0.25, -0.2) is 0 Å². The number of nitro groups is 1. The van der Waals surface area contributed by atoms with Gasteiger partial charge in [-0.2, -0.15) is 0 Å². The lowest BCUT2D eigenvalue weighted by Gasteiger charge is -2.19. The number of nitro benzene ring substituents is 1. The third kappa shape index (κ3) is 8.90. The number of carboxylic acids is 1. The molecule has 2 heterocycles. The first kappa shape index (κ1) is 37.5. The van der Waals surface area contributed by atoms with Gasteiger partial charge in [0.25, 0.3) is 5.69 Å². The maximum atomic E-state index is 11.7. The molecule has 0 spiro atoms. The fourth-order valence-corrected chi connectivity index (χ4v) is 6.04. The Balaban J connectivity index is 0.000000264. The highest BCUT2D eigenvalue weighted by molar-refractivity contribution is 9.10. The van der Waals surface area contributed by atoms with Crippen LogP contribution in [0.2, 0.25) is 0 Å². The van der Waals surface area contributed by atoms with E-state index < -0.39 is 39.1 Å². The third-order valence-electron chi connectivity index (χ3n) is 7.28. The van der Waals surface area contributed by atoms with E-state index in [2.05, 4.69) is 35.9 Å². The second-order valence-corrected chi connectivity index (χ2v) is 11.7. The van der Waals surface area contributed by atoms with Crippen LogP contribution >= 0.6 is 15.9 Å². The molecule has 4 aromatic rings. The van der Waals surface area contributed by atoms with E-state index in [0.717, 1.165) is 15.6 Å². The van der Waals surface area contributed by atoms with Gasteiger partial charge >= 0.3 is 34.2 Å². The van der Waals surface area contributed by atoms with Crippen molar-refractivity contribution >= 4 is 55.6 Å². The van der Waals surface area contributed by atoms with Gasteiger partial charge in [-0.1, -0.05) is 29.8 Å². The van der Waals surface area contributed by atoms with Crippen LogP contribution in [0.1, 0.15) is 43.0 Å². The quantitative estimate of drug-likeness (QED) is 0.0605. The Morgan fingerprint density at radius 2 is 1.25 bits per heavy atom. The molecule has 2 aromatic carbocycles. The number of H-pyrrole nitrogens is 4. The average Bonchev–Trinajstić information content (AvgIpc) is 2.99. The predicted molar refractivity (Wildman–Crippen MR) is 180 cm³/mol. The number of ether oxygens (including phenoxy) is 1. The molecule has 0 aliphatic carbocycles. The van der Waals surface area contributed by atoms with E-state index in [1.807, 2.05) is 6.92 Å². The van der Waals surface area contributed by atoms with Crippen LogP contribution in [0.4, 0.5) is 5.69 Å². The van der Waals surface area contributed by atoms with E-state index in [1.54, 1.807) is 43.8 Å². The summed E-state index contributed by atoms with van der Waals surface area (Å²) in [6, 6.07) is 2.98. The van der Waals surface area contributed by atoms with E-state index in [0.29, 0.717) is 47.1 Å². The number of benzene rings is 2. The van der Waals surface area contributed by atoms with Crippen molar-refractivity contribution in [2.45, 2.75) is 46.7 Å². The number of carbonyl (C=O) groups excluding carboxylic acids is 1. The van der Waals surface area contributed by atoms with Gasteiger partial charge in [0.2, 0.25) is 0 Å². The number of nitrogens with zero attached hydrogens (tertiary/aromatic N) is 3. The number of fused-ring (bicyclic) bond motifs is 2. The normalized spacial score (nSPS) is 11.2. The molecule has 0 aliphatic rings. The zero-order valence-corrected chi connectivity index (χ0v) is 28.5. The SMILES string of the molecule is CCOC(=O)CN(C)Cc1c(CC)c([N+](=O)[O-])cc2[nH]c(=O)c(=O)[nH]c12.CCc1c(Br)cc2[nH]c(=O)c(=O)[nH]c2c1CN(C)CC(=O)O. The topological polar surface area (TPSA) is 245 Å². The van der Waals surface area contributed by atoms with Crippen LogP contribution in [-0.4, -0.2) is 85.5 Å². The summed E-state index contributed by atoms with van der Waals surface area (Å²) in [7, 11) is 3.34. The van der Waals surface area contributed by atoms with Gasteiger partial charge < -0.3 is 29.8 Å². The monoisotopic (exact) mass is 733 g/mol. The van der Waals surface area contributed by atoms with E-state index in [1.165, 1.54) is 6.07 Å². The second-order valence-electron chi connectivity index (χ2n) is 10.8. The lowest BCUT2D eigenvalue weighted by Crippen LogP contribution is -2.31. The lowest BCUT2D eigenvalue weighted by molar-refractivity contribution is -0.385. The van der Waals surface area contributed by atoms with Gasteiger partial charge in [0, 0.05) is 34.8 Å². The molecule has 0 aliphatic heterocycles. The zero-order valence-electron chi connectivity index (χ0n) is 26.9. The fraction of sp³-hybridized carbons (Fsp3) is 0.400. The van der Waals surface area contributed by atoms with Crippen molar-refractivity contribution in [3.63, 3.8) is 0 Å². The molecule has 0 fully saturated rings. The Kier molecular flexibility index (Phi) is 12.7. The largest absolute Gasteiger partial charge is 0.480 e. The maximum Gasteiger partial charge on any atom is 0.320 e. The van der Waals surface area contributed by atoms with Crippen molar-refractivity contribution in [1.82, 2.24) is 29.7 Å². The molecule has 0 amide bonds. The molecule has 5 N–H and O–H groups in total. The summed E-state index contributed by atoms with van der Waals surface area (Å²) in [6.45, 7) is 6.03. The zero-order chi connectivity index (χ0) is 35.9. The number of aromatic amines is 4. The Hall–Kier alpha value is -4.94. The highest BCUT2D eigenvalue weighted by atomic mass is 79.9. The second kappa shape index (κ2) is 16.2. The van der Waals surface area contributed by atoms with Crippen molar-refractivity contribution < 1.29 is 24.4 Å². The number of halogens is 1. The minimum absolute atomic E-state index is 0.0191. The van der Waals surface area contributed by atoms with Crippen LogP contribution in [0.3, 0.4) is 0 Å². The first-order chi connectivity index (χ1) is 22.6. The number of nitrogens with one attached hydrogen (secondary N) is 4. The molecule has 0 atom stereocenters. The molecule has 0 radical (unpaired) electrons. The van der Waals surface area contributed by atoms with Gasteiger partial charge in [0.05, 0.1) is 46.7 Å². The number of hydrogen-bond acceptors (Lipinski definition) is 11. The Morgan fingerprint density at radius 3 is 1.71 bits per heavy atom. The average molecular weight is 735 g/mol. The highest BCUT2D eigenvalue weighted by Crippen LogP contribution is 2.30. The number of aliphatic carboxylic acids is 1. The van der Waals surface area contributed by atoms with E-state index in [9.17, 15) is 38.9 Å². The molecule has 258 valence electrons. The van der Waals surface area contributed by atoms with Crippen molar-refractivity contribution in [3.8, 4) is 0 Å². The molecular weight excluding hydrogens is 698 g/mol. The predicted octanol–water partition coefficient (Wildman–Crippen LogP) is 1.74. The van der Waals surface area contributed by atoms with E-state index in [4.69, 9.17) is 9.84 Å². The van der Waals surface area contributed by atoms with E-state index >= 15 is 0 Å². The number of carbonyl (C=O) groups is 2. The highest BCUT2D eigenvalue weighted by Gasteiger charge is 2.23. The van der Waals surface area contributed by atoms with Gasteiger partial charge in [-0.05, 0) is 51.1 Å². The fourth-order valence-electron chi connectivity index (χ4n) is 5.29. The molecule has 4 rings (SSSR count). The summed E-state index contributed by atoms with van der Waals surface area (Å²) in [5.74, 6) is -1.36. The van der Waals surface area contributed by atoms with Crippen LogP contribution in [0.15, 0.2) is 35.8 Å². The molecule has 2 aromatic heterocycles. The molecule has 18 heteroatoms. The lowest BCUT2D eigenvalue weighted by atomic mass is 10.00. The summed E-state index contributed by atoms with van der Waals surface area (Å²) < 4.78 is 5.71. The third-order valence-corrected chi connectivity index (χ3v) is 7.98. The molecule has 0 unspecified atom stereocenters. The molecule has 17 nitrogen and oxygen atoms in total. The van der Waals surface area contributed by atoms with Crippen LogP contribution in [0.25, 0.3) is 22.1 Å². The molecular formula is C30H36BrN7O10. The summed E-state index contributed by atoms with van der Waals surface area (Å²) in [6.07, 6.45) is 1.05. The number of carboxylic acid groups (broad SMARTS) is 1. The number of aromatic nitrogens is 4. The smallest absolute Gasteiger partial charge is 0.320 e. The molecule has 0 bridgehead atoms. The standard InChI is InChI=1S/C16H20N4O6.C14H16BrN3O4/c1-4-9-10(7-19(3)8-13(21)26-5-2)14-11(6-12(9)20(24)25)17-15(22)16(23)18-14;1-3-7-8(5-18(2)6-11(19)20)12-10(4-9(7)15)16-13(21)14(22)17-12/h6H,4-5,7-8H2,1-3H3,(H,17,22)(H,18,23);4H,3,5-6H2,1-2H3,(H,16,21)(H,17,22)(H,19,20). The van der Waals surface area contributed by atoms with Crippen LogP contribution in [0.5, 0.6) is 0 Å². The maximum absolute atomic E-state index is 11.7. The van der Waals surface area contributed by atoms with Crippen LogP contribution < -0.4 is 22.2 Å². The van der Waals surface area contributed by atoms with Crippen molar-refractivity contribution in [3.05, 3.63) is 90.4 Å². The molecule has 0 saturated heterocycles. The minimum Gasteiger partial charge on any atom is -0.480 e. The summed E-state index contributed by atoms with van der Waals surface area (Å²) in [4.78, 5) is 93.0. The Morgan fingerprint density at radius 1 is 0.792 bits per heavy atom. The van der Waals surface area contributed by atoms with Crippen LogP contribution in [-0.2, 0) is 40.3 Å². The van der Waals surface area contributed by atoms with Gasteiger partial charge in [0.15, 0.2) is 0 Å². The van der Waals surface area contributed by atoms with E-state index in [-0.39, 0.29) is 37.4 Å². The van der Waals surface area contributed by atoms with Crippen molar-refractivity contribution in [2.24, 2.45) is 0 Å². The van der Waals surface area contributed by atoms with Crippen LogP contribution in [0, 0.1) is 10.1 Å². The summed E-state index contributed by atoms with van der Waals surface area (Å²) >= 11 is 3.46. The molecule has 48 heavy (non-hydrogen) atoms. The minimum atomic E-state index is -0.929. The van der Waals surface area contributed by atoms with Crippen molar-refractivity contribution in [1.29, 1.82) is 0 Å².